The molecule has 9 aromatic carbocycles. The third kappa shape index (κ3) is 7.11. The lowest BCUT2D eigenvalue weighted by Crippen LogP contribution is -2.01. The van der Waals surface area contributed by atoms with Gasteiger partial charge in [-0.05, 0) is 70.8 Å². The molecule has 0 spiro atoms. The van der Waals surface area contributed by atoms with Gasteiger partial charge in [0.1, 0.15) is 11.6 Å². The minimum Gasteiger partial charge on any atom is -0.292 e. The number of fused-ring (bicyclic) bond motifs is 2. The minimum atomic E-state index is 0.576. The molecule has 12 rings (SSSR count). The molecule has 0 aliphatic rings. The van der Waals surface area contributed by atoms with E-state index in [-0.39, 0.29) is 0 Å². The minimum absolute atomic E-state index is 0.576. The molecule has 0 aliphatic heterocycles. The van der Waals surface area contributed by atoms with Crippen LogP contribution in [0.3, 0.4) is 0 Å². The molecule has 0 unspecified atom stereocenters. The van der Waals surface area contributed by atoms with Crippen molar-refractivity contribution in [2.24, 2.45) is 0 Å². The largest absolute Gasteiger partial charge is 0.292 e. The first-order chi connectivity index (χ1) is 32.7. The maximum Gasteiger partial charge on any atom is 0.164 e. The Morgan fingerprint density at radius 1 is 0.227 bits per heavy atom. The van der Waals surface area contributed by atoms with E-state index in [4.69, 9.17) is 24.9 Å². The third-order valence-electron chi connectivity index (χ3n) is 12.1. The number of hydrogen-bond donors (Lipinski definition) is 0. The second-order valence-electron chi connectivity index (χ2n) is 16.1. The average molecular weight is 846 g/mol. The van der Waals surface area contributed by atoms with Gasteiger partial charge in [0, 0.05) is 39.2 Å². The first-order valence-electron chi connectivity index (χ1n) is 22.0. The van der Waals surface area contributed by atoms with Gasteiger partial charge in [-0.2, -0.15) is 0 Å². The van der Waals surface area contributed by atoms with E-state index in [1.165, 1.54) is 11.1 Å². The van der Waals surface area contributed by atoms with Crippen LogP contribution < -0.4 is 0 Å². The van der Waals surface area contributed by atoms with E-state index in [9.17, 15) is 0 Å². The molecule has 0 atom stereocenters. The van der Waals surface area contributed by atoms with Crippen molar-refractivity contribution in [1.29, 1.82) is 0 Å². The molecule has 3 heterocycles. The second kappa shape index (κ2) is 16.6. The summed E-state index contributed by atoms with van der Waals surface area (Å²) in [4.78, 5) is 25.6. The molecule has 3 aromatic heterocycles. The normalized spacial score (nSPS) is 11.3. The Kier molecular flexibility index (Phi) is 9.69. The van der Waals surface area contributed by atoms with Crippen molar-refractivity contribution in [1.82, 2.24) is 34.1 Å². The summed E-state index contributed by atoms with van der Waals surface area (Å²) in [6.45, 7) is 0. The van der Waals surface area contributed by atoms with E-state index in [0.717, 1.165) is 84.0 Å². The lowest BCUT2D eigenvalue weighted by atomic mass is 9.94. The van der Waals surface area contributed by atoms with Crippen LogP contribution in [-0.2, 0) is 0 Å². The van der Waals surface area contributed by atoms with Gasteiger partial charge in [0.25, 0.3) is 0 Å². The number of para-hydroxylation sites is 6. The maximum atomic E-state index is 5.15. The predicted octanol–water partition coefficient (Wildman–Crippen LogP) is 14.2. The zero-order valence-electron chi connectivity index (χ0n) is 35.6. The fraction of sp³-hybridized carbons (Fsp3) is 0. The highest BCUT2D eigenvalue weighted by molar-refractivity contribution is 5.86. The average Bonchev–Trinajstić information content (AvgIpc) is 3.99. The van der Waals surface area contributed by atoms with Crippen molar-refractivity contribution in [2.75, 3.05) is 0 Å². The second-order valence-corrected chi connectivity index (χ2v) is 16.1. The van der Waals surface area contributed by atoms with Crippen LogP contribution in [0.1, 0.15) is 0 Å². The van der Waals surface area contributed by atoms with Gasteiger partial charge in [-0.1, -0.05) is 188 Å². The molecule has 0 fully saturated rings. The summed E-state index contributed by atoms with van der Waals surface area (Å²) >= 11 is 0. The fourth-order valence-corrected chi connectivity index (χ4v) is 8.82. The Labute approximate surface area is 381 Å². The zero-order valence-corrected chi connectivity index (χ0v) is 35.6. The number of rotatable bonds is 9. The molecule has 66 heavy (non-hydrogen) atoms. The van der Waals surface area contributed by atoms with Crippen LogP contribution in [-0.4, -0.2) is 34.1 Å². The van der Waals surface area contributed by atoms with Crippen molar-refractivity contribution in [3.05, 3.63) is 237 Å². The molecule has 0 saturated heterocycles. The Morgan fingerprint density at radius 2 is 0.530 bits per heavy atom. The van der Waals surface area contributed by atoms with Crippen molar-refractivity contribution < 1.29 is 0 Å². The van der Waals surface area contributed by atoms with Gasteiger partial charge in [-0.15, -0.1) is 0 Å². The summed E-state index contributed by atoms with van der Waals surface area (Å²) in [6, 6.07) is 81.5. The SMILES string of the molecule is c1ccc(-c2ccccc2-c2ccc(-c3nc(-c4ccc(-c5nc6ccccc6n5-c5ccccc5)cc4)nc(-c4ccc(-c5nc6ccccc6n5-c5ccccc5)cc4)n3)cc2)cc1. The molecule has 0 radical (unpaired) electrons. The lowest BCUT2D eigenvalue weighted by molar-refractivity contribution is 1.07. The molecule has 0 N–H and O–H groups in total. The van der Waals surface area contributed by atoms with Gasteiger partial charge in [-0.3, -0.25) is 9.13 Å². The first kappa shape index (κ1) is 38.6. The molecule has 0 bridgehead atoms. The summed E-state index contributed by atoms with van der Waals surface area (Å²) in [7, 11) is 0. The van der Waals surface area contributed by atoms with Crippen LogP contribution in [0.4, 0.5) is 0 Å². The number of aromatic nitrogens is 7. The van der Waals surface area contributed by atoms with E-state index < -0.39 is 0 Å². The van der Waals surface area contributed by atoms with Crippen LogP contribution in [0.15, 0.2) is 237 Å². The highest BCUT2D eigenvalue weighted by Gasteiger charge is 2.19. The quantitative estimate of drug-likeness (QED) is 0.145. The fourth-order valence-electron chi connectivity index (χ4n) is 8.82. The van der Waals surface area contributed by atoms with Gasteiger partial charge in [0.05, 0.1) is 22.1 Å². The summed E-state index contributed by atoms with van der Waals surface area (Å²) in [5, 5.41) is 0. The molecule has 7 nitrogen and oxygen atoms in total. The van der Waals surface area contributed by atoms with Crippen LogP contribution in [0.25, 0.3) is 113 Å². The summed E-state index contributed by atoms with van der Waals surface area (Å²) in [6.07, 6.45) is 0. The third-order valence-corrected chi connectivity index (χ3v) is 12.1. The van der Waals surface area contributed by atoms with Crippen molar-refractivity contribution >= 4 is 22.1 Å². The van der Waals surface area contributed by atoms with Crippen LogP contribution in [0.2, 0.25) is 0 Å². The lowest BCUT2D eigenvalue weighted by Gasteiger charge is -2.12. The van der Waals surface area contributed by atoms with E-state index in [1.807, 2.05) is 30.3 Å². The molecule has 7 heteroatoms. The van der Waals surface area contributed by atoms with Crippen LogP contribution in [0.5, 0.6) is 0 Å². The monoisotopic (exact) mass is 845 g/mol. The summed E-state index contributed by atoms with van der Waals surface area (Å²) in [5.41, 5.74) is 15.3. The number of hydrogen-bond acceptors (Lipinski definition) is 5. The van der Waals surface area contributed by atoms with Gasteiger partial charge in [0.15, 0.2) is 17.5 Å². The van der Waals surface area contributed by atoms with E-state index >= 15 is 0 Å². The Bertz CT molecular complexity index is 3480. The predicted molar refractivity (Wildman–Crippen MR) is 267 cm³/mol. The van der Waals surface area contributed by atoms with Gasteiger partial charge in [-0.25, -0.2) is 24.9 Å². The summed E-state index contributed by atoms with van der Waals surface area (Å²) < 4.78 is 4.42. The van der Waals surface area contributed by atoms with Gasteiger partial charge in [0.2, 0.25) is 0 Å². The van der Waals surface area contributed by atoms with E-state index in [0.29, 0.717) is 17.5 Å². The first-order valence-corrected chi connectivity index (χ1v) is 22.0. The molecule has 12 aromatic rings. The van der Waals surface area contributed by atoms with Crippen molar-refractivity contribution in [3.8, 4) is 90.6 Å². The van der Waals surface area contributed by atoms with Gasteiger partial charge < -0.3 is 0 Å². The molecular formula is C59H39N7. The number of nitrogens with zero attached hydrogens (tertiary/aromatic N) is 7. The van der Waals surface area contributed by atoms with E-state index in [2.05, 4.69) is 215 Å². The molecule has 0 saturated carbocycles. The van der Waals surface area contributed by atoms with Crippen LogP contribution >= 0.6 is 0 Å². The Morgan fingerprint density at radius 3 is 0.939 bits per heavy atom. The molecule has 310 valence electrons. The number of benzene rings is 9. The van der Waals surface area contributed by atoms with Crippen LogP contribution in [0, 0.1) is 0 Å². The molecule has 0 aliphatic carbocycles. The smallest absolute Gasteiger partial charge is 0.164 e. The maximum absolute atomic E-state index is 5.15. The highest BCUT2D eigenvalue weighted by Crippen LogP contribution is 2.36. The van der Waals surface area contributed by atoms with Crippen molar-refractivity contribution in [3.63, 3.8) is 0 Å². The zero-order chi connectivity index (χ0) is 43.8. The Hall–Kier alpha value is -9.07. The number of imidazole rings is 2. The van der Waals surface area contributed by atoms with Gasteiger partial charge >= 0.3 is 0 Å². The molecular weight excluding hydrogens is 807 g/mol. The highest BCUT2D eigenvalue weighted by atomic mass is 15.1. The topological polar surface area (TPSA) is 74.3 Å². The molecule has 0 amide bonds. The van der Waals surface area contributed by atoms with Crippen molar-refractivity contribution in [2.45, 2.75) is 0 Å². The standard InChI is InChI=1S/C59H39N7/c1-4-16-40(17-5-1)49-22-10-11-23-50(49)41-28-30-42(31-29-41)55-62-56(43-32-36-45(37-33-43)58-60-51-24-12-14-26-53(51)65(58)47-18-6-2-7-19-47)64-57(63-55)44-34-38-46(39-35-44)59-61-52-25-13-15-27-54(52)66(59)48-20-8-3-9-21-48/h1-39H. The Balaban J connectivity index is 0.950. The van der Waals surface area contributed by atoms with E-state index in [1.54, 1.807) is 0 Å². The summed E-state index contributed by atoms with van der Waals surface area (Å²) in [5.74, 6) is 3.46.